The molecule has 2 aliphatic rings. The number of nitrogens with one attached hydrogen (secondary N) is 1. The molecule has 21 heavy (non-hydrogen) atoms. The number of rotatable bonds is 4. The molecule has 6 heteroatoms. The van der Waals surface area contributed by atoms with Crippen molar-refractivity contribution < 1.29 is 0 Å². The fourth-order valence-corrected chi connectivity index (χ4v) is 3.30. The molecule has 4 rings (SSSR count). The van der Waals surface area contributed by atoms with Crippen LogP contribution in [0.1, 0.15) is 26.2 Å². The number of hydrogen-bond donors (Lipinski definition) is 1. The van der Waals surface area contributed by atoms with Crippen molar-refractivity contribution in [3.63, 3.8) is 0 Å². The summed E-state index contributed by atoms with van der Waals surface area (Å²) in [5.41, 5.74) is 2.15. The van der Waals surface area contributed by atoms with Gasteiger partial charge in [-0.25, -0.2) is 4.68 Å². The van der Waals surface area contributed by atoms with E-state index in [4.69, 9.17) is 0 Å². The van der Waals surface area contributed by atoms with Gasteiger partial charge in [0.05, 0.1) is 5.69 Å². The zero-order valence-corrected chi connectivity index (χ0v) is 12.2. The van der Waals surface area contributed by atoms with Crippen molar-refractivity contribution in [2.24, 2.45) is 0 Å². The number of likely N-dealkylation sites (tertiary alicyclic amines) is 1. The summed E-state index contributed by atoms with van der Waals surface area (Å²) >= 11 is 0. The number of aromatic nitrogens is 4. The molecule has 1 aliphatic heterocycles. The molecule has 2 aromatic rings. The molecule has 1 saturated heterocycles. The monoisotopic (exact) mass is 284 g/mol. The van der Waals surface area contributed by atoms with Crippen molar-refractivity contribution >= 4 is 5.69 Å². The Morgan fingerprint density at radius 3 is 2.67 bits per heavy atom. The molecule has 1 aliphatic carbocycles. The van der Waals surface area contributed by atoms with Crippen LogP contribution in [0, 0.1) is 0 Å². The number of benzene rings is 1. The molecule has 1 aromatic heterocycles. The van der Waals surface area contributed by atoms with Gasteiger partial charge < -0.3 is 5.32 Å². The summed E-state index contributed by atoms with van der Waals surface area (Å²) in [5, 5.41) is 14.9. The Morgan fingerprint density at radius 2 is 2.00 bits per heavy atom. The van der Waals surface area contributed by atoms with Crippen LogP contribution in [0.4, 0.5) is 5.69 Å². The Hall–Kier alpha value is -1.95. The summed E-state index contributed by atoms with van der Waals surface area (Å²) < 4.78 is 1.66. The second kappa shape index (κ2) is 5.11. The van der Waals surface area contributed by atoms with Crippen LogP contribution in [0.3, 0.4) is 0 Å². The van der Waals surface area contributed by atoms with E-state index in [1.54, 1.807) is 11.0 Å². The lowest BCUT2D eigenvalue weighted by Crippen LogP contribution is -2.30. The molecule has 1 N–H and O–H groups in total. The smallest absolute Gasteiger partial charge is 0.143 e. The molecule has 1 saturated carbocycles. The average Bonchev–Trinajstić information content (AvgIpc) is 3.05. The van der Waals surface area contributed by atoms with Crippen molar-refractivity contribution in [1.82, 2.24) is 25.1 Å². The van der Waals surface area contributed by atoms with E-state index in [2.05, 4.69) is 44.8 Å². The first-order chi connectivity index (χ1) is 10.3. The van der Waals surface area contributed by atoms with E-state index in [-0.39, 0.29) is 0 Å². The highest BCUT2D eigenvalue weighted by molar-refractivity contribution is 5.49. The van der Waals surface area contributed by atoms with E-state index in [9.17, 15) is 0 Å². The predicted molar refractivity (Wildman–Crippen MR) is 80.4 cm³/mol. The van der Waals surface area contributed by atoms with Crippen LogP contribution in [-0.4, -0.2) is 49.8 Å². The zero-order chi connectivity index (χ0) is 14.2. The molecule has 0 amide bonds. The van der Waals surface area contributed by atoms with Gasteiger partial charge in [0.1, 0.15) is 6.33 Å². The Morgan fingerprint density at radius 1 is 1.19 bits per heavy atom. The van der Waals surface area contributed by atoms with Crippen LogP contribution < -0.4 is 5.32 Å². The number of hydrogen-bond acceptors (Lipinski definition) is 5. The van der Waals surface area contributed by atoms with Crippen molar-refractivity contribution in [3.05, 3.63) is 30.6 Å². The molecule has 2 fully saturated rings. The first-order valence-corrected chi connectivity index (χ1v) is 7.65. The van der Waals surface area contributed by atoms with Gasteiger partial charge in [0.25, 0.3) is 0 Å². The van der Waals surface area contributed by atoms with Gasteiger partial charge in [-0.15, -0.1) is 5.10 Å². The van der Waals surface area contributed by atoms with Crippen LogP contribution in [0.2, 0.25) is 0 Å². The maximum Gasteiger partial charge on any atom is 0.143 e. The van der Waals surface area contributed by atoms with Gasteiger partial charge in [0.15, 0.2) is 0 Å². The summed E-state index contributed by atoms with van der Waals surface area (Å²) in [7, 11) is 0. The Kier molecular flexibility index (Phi) is 3.11. The molecule has 0 spiro atoms. The van der Waals surface area contributed by atoms with Gasteiger partial charge in [-0.05, 0) is 60.9 Å². The first-order valence-electron chi connectivity index (χ1n) is 7.65. The minimum absolute atomic E-state index is 0.555. The van der Waals surface area contributed by atoms with Gasteiger partial charge in [0.2, 0.25) is 0 Å². The normalized spacial score (nSPS) is 26.1. The molecule has 2 unspecified atom stereocenters. The Labute approximate surface area is 124 Å². The molecule has 2 heterocycles. The molecule has 1 aromatic carbocycles. The average molecular weight is 284 g/mol. The van der Waals surface area contributed by atoms with Crippen molar-refractivity contribution in [2.75, 3.05) is 11.9 Å². The van der Waals surface area contributed by atoms with Crippen LogP contribution in [0.15, 0.2) is 30.6 Å². The molecule has 2 atom stereocenters. The molecule has 0 radical (unpaired) electrons. The van der Waals surface area contributed by atoms with Crippen LogP contribution >= 0.6 is 0 Å². The minimum atomic E-state index is 0.555. The topological polar surface area (TPSA) is 58.9 Å². The largest absolute Gasteiger partial charge is 0.381 e. The van der Waals surface area contributed by atoms with Crippen LogP contribution in [-0.2, 0) is 0 Å². The molecule has 6 nitrogen and oxygen atoms in total. The summed E-state index contributed by atoms with van der Waals surface area (Å²) in [6, 6.07) is 10.4. The van der Waals surface area contributed by atoms with E-state index in [0.29, 0.717) is 12.1 Å². The first kappa shape index (κ1) is 12.8. The van der Waals surface area contributed by atoms with Gasteiger partial charge in [-0.1, -0.05) is 0 Å². The van der Waals surface area contributed by atoms with Crippen molar-refractivity contribution in [1.29, 1.82) is 0 Å². The van der Waals surface area contributed by atoms with Gasteiger partial charge in [-0.2, -0.15) is 0 Å². The third kappa shape index (κ3) is 2.63. The third-order valence-electron chi connectivity index (χ3n) is 4.49. The van der Waals surface area contributed by atoms with E-state index in [1.807, 2.05) is 12.1 Å². The highest BCUT2D eigenvalue weighted by atomic mass is 15.5. The quantitative estimate of drug-likeness (QED) is 0.926. The van der Waals surface area contributed by atoms with E-state index >= 15 is 0 Å². The molecule has 110 valence electrons. The van der Waals surface area contributed by atoms with Gasteiger partial charge >= 0.3 is 0 Å². The van der Waals surface area contributed by atoms with Gasteiger partial charge in [-0.3, -0.25) is 4.90 Å². The number of tetrazole rings is 1. The second-order valence-electron chi connectivity index (χ2n) is 6.16. The Balaban J connectivity index is 1.41. The van der Waals surface area contributed by atoms with Gasteiger partial charge in [0, 0.05) is 30.4 Å². The van der Waals surface area contributed by atoms with Crippen LogP contribution in [0.5, 0.6) is 0 Å². The third-order valence-corrected chi connectivity index (χ3v) is 4.49. The fraction of sp³-hybridized carbons (Fsp3) is 0.533. The van der Waals surface area contributed by atoms with Crippen molar-refractivity contribution in [2.45, 2.75) is 44.3 Å². The highest BCUT2D eigenvalue weighted by Crippen LogP contribution is 2.34. The lowest BCUT2D eigenvalue weighted by Gasteiger charge is -2.20. The summed E-state index contributed by atoms with van der Waals surface area (Å²) in [6.45, 7) is 3.52. The van der Waals surface area contributed by atoms with E-state index in [0.717, 1.165) is 11.7 Å². The lowest BCUT2D eigenvalue weighted by molar-refractivity contribution is 0.257. The zero-order valence-electron chi connectivity index (χ0n) is 12.2. The highest BCUT2D eigenvalue weighted by Gasteiger charge is 2.38. The maximum atomic E-state index is 3.89. The Bertz CT molecular complexity index is 589. The van der Waals surface area contributed by atoms with E-state index in [1.165, 1.54) is 31.5 Å². The molecule has 0 bridgehead atoms. The molecular weight excluding hydrogens is 264 g/mol. The summed E-state index contributed by atoms with van der Waals surface area (Å²) in [5.74, 6) is 0. The van der Waals surface area contributed by atoms with Crippen molar-refractivity contribution in [3.8, 4) is 5.69 Å². The summed E-state index contributed by atoms with van der Waals surface area (Å²) in [6.07, 6.45) is 5.61. The van der Waals surface area contributed by atoms with Crippen LogP contribution in [0.25, 0.3) is 5.69 Å². The second-order valence-corrected chi connectivity index (χ2v) is 6.16. The predicted octanol–water partition coefficient (Wildman–Crippen LogP) is 1.70. The number of anilines is 1. The maximum absolute atomic E-state index is 3.89. The minimum Gasteiger partial charge on any atom is -0.381 e. The fourth-order valence-electron chi connectivity index (χ4n) is 3.30. The molecular formula is C15H20N6. The number of nitrogens with zero attached hydrogens (tertiary/aromatic N) is 5. The standard InChI is InChI=1S/C15H20N6/c1-11-8-13(9-20(11)14-6-7-14)17-12-2-4-15(5-3-12)21-10-16-18-19-21/h2-5,10-11,13-14,17H,6-9H2,1H3. The van der Waals surface area contributed by atoms with E-state index < -0.39 is 0 Å². The lowest BCUT2D eigenvalue weighted by atomic mass is 10.2. The SMILES string of the molecule is CC1CC(Nc2ccc(-n3cnnn3)cc2)CN1C1CC1. The summed E-state index contributed by atoms with van der Waals surface area (Å²) in [4.78, 5) is 2.66.